The van der Waals surface area contributed by atoms with Crippen molar-refractivity contribution < 1.29 is 4.79 Å². The summed E-state index contributed by atoms with van der Waals surface area (Å²) in [6, 6.07) is 5.82. The molecular weight excluding hydrogens is 337 g/mol. The summed E-state index contributed by atoms with van der Waals surface area (Å²) < 4.78 is 0.691. The molecule has 2 rings (SSSR count). The minimum Gasteiger partial charge on any atom is -0.321 e. The van der Waals surface area contributed by atoms with Gasteiger partial charge in [-0.25, -0.2) is 4.79 Å². The molecule has 19 heavy (non-hydrogen) atoms. The molecule has 0 saturated heterocycles. The van der Waals surface area contributed by atoms with E-state index in [0.717, 1.165) is 6.07 Å². The predicted molar refractivity (Wildman–Crippen MR) is 74.8 cm³/mol. The second-order valence-electron chi connectivity index (χ2n) is 3.58. The molecule has 0 saturated carbocycles. The van der Waals surface area contributed by atoms with E-state index in [9.17, 15) is 14.4 Å². The fourth-order valence-corrected chi connectivity index (χ4v) is 1.79. The van der Waals surface area contributed by atoms with Gasteiger partial charge in [0.2, 0.25) is 0 Å². The number of halogens is 2. The molecule has 0 spiro atoms. The molecule has 3 N–H and O–H groups in total. The Hall–Kier alpha value is -1.86. The number of nitrogens with one attached hydrogen (secondary N) is 3. The van der Waals surface area contributed by atoms with Gasteiger partial charge in [-0.15, -0.1) is 0 Å². The van der Waals surface area contributed by atoms with Crippen LogP contribution in [0.1, 0.15) is 10.5 Å². The average Bonchev–Trinajstić information content (AvgIpc) is 2.32. The van der Waals surface area contributed by atoms with Gasteiger partial charge in [0.05, 0.1) is 5.02 Å². The van der Waals surface area contributed by atoms with Crippen molar-refractivity contribution in [3.05, 3.63) is 60.3 Å². The number of rotatable bonds is 2. The number of anilines is 1. The second-order valence-corrected chi connectivity index (χ2v) is 4.85. The number of aromatic nitrogens is 2. The molecule has 0 atom stereocenters. The second kappa shape index (κ2) is 5.41. The molecule has 0 radical (unpaired) electrons. The van der Waals surface area contributed by atoms with Crippen LogP contribution in [0.25, 0.3) is 0 Å². The van der Waals surface area contributed by atoms with Gasteiger partial charge in [-0.05, 0) is 34.1 Å². The van der Waals surface area contributed by atoms with E-state index in [0.29, 0.717) is 15.2 Å². The van der Waals surface area contributed by atoms with Gasteiger partial charge in [0.15, 0.2) is 0 Å². The van der Waals surface area contributed by atoms with Crippen LogP contribution in [0.5, 0.6) is 0 Å². The quantitative estimate of drug-likeness (QED) is 0.774. The molecule has 2 aromatic rings. The van der Waals surface area contributed by atoms with Crippen molar-refractivity contribution in [2.75, 3.05) is 5.32 Å². The predicted octanol–water partition coefficient (Wildman–Crippen LogP) is 1.73. The number of benzene rings is 1. The molecule has 1 heterocycles. The van der Waals surface area contributed by atoms with E-state index in [4.69, 9.17) is 11.6 Å². The molecule has 0 aliphatic rings. The molecule has 1 aromatic carbocycles. The zero-order chi connectivity index (χ0) is 14.0. The standard InChI is InChI=1S/C11H7BrClN3O3/c12-6-2-1-5(3-7(6)13)14-10(18)8-4-9(17)16-11(19)15-8/h1-4H,(H,14,18)(H2,15,16,17,19). The van der Waals surface area contributed by atoms with Crippen molar-refractivity contribution in [3.63, 3.8) is 0 Å². The van der Waals surface area contributed by atoms with Gasteiger partial charge in [-0.3, -0.25) is 14.6 Å². The fourth-order valence-electron chi connectivity index (χ4n) is 1.36. The Morgan fingerprint density at radius 1 is 1.21 bits per heavy atom. The summed E-state index contributed by atoms with van der Waals surface area (Å²) in [6.45, 7) is 0. The minimum atomic E-state index is -0.744. The summed E-state index contributed by atoms with van der Waals surface area (Å²) in [5.41, 5.74) is -1.08. The summed E-state index contributed by atoms with van der Waals surface area (Å²) in [4.78, 5) is 38.2. The first-order valence-corrected chi connectivity index (χ1v) is 6.23. The molecule has 1 aromatic heterocycles. The Morgan fingerprint density at radius 2 is 1.95 bits per heavy atom. The monoisotopic (exact) mass is 343 g/mol. The van der Waals surface area contributed by atoms with Crippen LogP contribution in [0.3, 0.4) is 0 Å². The molecule has 98 valence electrons. The third-order valence-corrected chi connectivity index (χ3v) is 3.41. The lowest BCUT2D eigenvalue weighted by Gasteiger charge is -2.05. The van der Waals surface area contributed by atoms with Crippen LogP contribution in [0, 0.1) is 0 Å². The first kappa shape index (κ1) is 13.6. The van der Waals surface area contributed by atoms with Crippen LogP contribution in [0.4, 0.5) is 5.69 Å². The Kier molecular flexibility index (Phi) is 3.87. The first-order valence-electron chi connectivity index (χ1n) is 5.06. The molecule has 6 nitrogen and oxygen atoms in total. The number of H-pyrrole nitrogens is 2. The third kappa shape index (κ3) is 3.33. The van der Waals surface area contributed by atoms with Gasteiger partial charge in [0.1, 0.15) is 5.69 Å². The maximum atomic E-state index is 11.8. The Labute approximate surface area is 119 Å². The maximum absolute atomic E-state index is 11.8. The highest BCUT2D eigenvalue weighted by atomic mass is 79.9. The van der Waals surface area contributed by atoms with E-state index in [1.54, 1.807) is 12.1 Å². The molecule has 0 bridgehead atoms. The van der Waals surface area contributed by atoms with Crippen LogP contribution in [0.15, 0.2) is 38.3 Å². The van der Waals surface area contributed by atoms with Gasteiger partial charge in [-0.1, -0.05) is 11.6 Å². The number of hydrogen-bond acceptors (Lipinski definition) is 3. The summed E-state index contributed by atoms with van der Waals surface area (Å²) >= 11 is 9.10. The summed E-state index contributed by atoms with van der Waals surface area (Å²) in [6.07, 6.45) is 0. The summed E-state index contributed by atoms with van der Waals surface area (Å²) in [7, 11) is 0. The average molecular weight is 345 g/mol. The van der Waals surface area contributed by atoms with E-state index in [1.807, 2.05) is 4.98 Å². The molecular formula is C11H7BrClN3O3. The lowest BCUT2D eigenvalue weighted by Crippen LogP contribution is -2.27. The lowest BCUT2D eigenvalue weighted by atomic mass is 10.3. The van der Waals surface area contributed by atoms with Gasteiger partial charge in [0.25, 0.3) is 11.5 Å². The number of hydrogen-bond donors (Lipinski definition) is 3. The number of aromatic amines is 2. The Bertz CT molecular complexity index is 725. The molecule has 0 fully saturated rings. The zero-order valence-corrected chi connectivity index (χ0v) is 11.6. The van der Waals surface area contributed by atoms with E-state index in [2.05, 4.69) is 26.2 Å². The first-order chi connectivity index (χ1) is 8.95. The molecule has 8 heteroatoms. The fraction of sp³-hybridized carbons (Fsp3) is 0. The van der Waals surface area contributed by atoms with Crippen LogP contribution in [-0.4, -0.2) is 15.9 Å². The molecule has 0 unspecified atom stereocenters. The third-order valence-electron chi connectivity index (χ3n) is 2.18. The Balaban J connectivity index is 2.27. The highest BCUT2D eigenvalue weighted by Crippen LogP contribution is 2.25. The van der Waals surface area contributed by atoms with Crippen molar-refractivity contribution >= 4 is 39.1 Å². The van der Waals surface area contributed by atoms with Crippen molar-refractivity contribution in [3.8, 4) is 0 Å². The van der Waals surface area contributed by atoms with E-state index in [-0.39, 0.29) is 5.69 Å². The highest BCUT2D eigenvalue weighted by molar-refractivity contribution is 9.10. The van der Waals surface area contributed by atoms with Gasteiger partial charge < -0.3 is 10.3 Å². The lowest BCUT2D eigenvalue weighted by molar-refractivity contribution is 0.102. The summed E-state index contributed by atoms with van der Waals surface area (Å²) in [5.74, 6) is -0.610. The summed E-state index contributed by atoms with van der Waals surface area (Å²) in [5, 5.41) is 2.94. The molecule has 1 amide bonds. The van der Waals surface area contributed by atoms with Crippen LogP contribution < -0.4 is 16.6 Å². The largest absolute Gasteiger partial charge is 0.326 e. The van der Waals surface area contributed by atoms with Crippen LogP contribution >= 0.6 is 27.5 Å². The number of carbonyl (C=O) groups is 1. The van der Waals surface area contributed by atoms with Gasteiger partial charge >= 0.3 is 5.69 Å². The molecule has 0 aliphatic carbocycles. The highest BCUT2D eigenvalue weighted by Gasteiger charge is 2.09. The van der Waals surface area contributed by atoms with Crippen molar-refractivity contribution in [2.45, 2.75) is 0 Å². The van der Waals surface area contributed by atoms with Gasteiger partial charge in [0, 0.05) is 16.2 Å². The van der Waals surface area contributed by atoms with Crippen molar-refractivity contribution in [1.29, 1.82) is 0 Å². The minimum absolute atomic E-state index is 0.132. The van der Waals surface area contributed by atoms with E-state index >= 15 is 0 Å². The van der Waals surface area contributed by atoms with Crippen LogP contribution in [-0.2, 0) is 0 Å². The van der Waals surface area contributed by atoms with Gasteiger partial charge in [-0.2, -0.15) is 0 Å². The van der Waals surface area contributed by atoms with E-state index in [1.165, 1.54) is 6.07 Å². The van der Waals surface area contributed by atoms with E-state index < -0.39 is 17.2 Å². The van der Waals surface area contributed by atoms with Crippen molar-refractivity contribution in [2.24, 2.45) is 0 Å². The zero-order valence-electron chi connectivity index (χ0n) is 9.29. The topological polar surface area (TPSA) is 94.8 Å². The van der Waals surface area contributed by atoms with Crippen LogP contribution in [0.2, 0.25) is 5.02 Å². The smallest absolute Gasteiger partial charge is 0.321 e. The van der Waals surface area contributed by atoms with Crippen molar-refractivity contribution in [1.82, 2.24) is 9.97 Å². The number of amides is 1. The normalized spacial score (nSPS) is 10.2. The SMILES string of the molecule is O=C(Nc1ccc(Br)c(Cl)c1)c1cc(=O)[nH]c(=O)[nH]1. The Morgan fingerprint density at radius 3 is 2.58 bits per heavy atom. The number of carbonyl (C=O) groups excluding carboxylic acids is 1. The maximum Gasteiger partial charge on any atom is 0.326 e. The molecule has 0 aliphatic heterocycles.